The fraction of sp³-hybridized carbons (Fsp3) is 0.462. The standard InChI is InChI=1S/C26H30ClN7O2S/c1-17-19(12-28-2)3-6-24(29-17)32-9-7-18(8-10-32)26-31-30-25-14-33(22-15-37(35,36)16-22)13-20-11-21(27)4-5-23(20)34(25)26/h3-6,11-12,18,22H,7-10,13-16H2,1-2H3. The number of aryl methyl sites for hydroxylation is 1. The molecule has 0 bridgehead atoms. The lowest BCUT2D eigenvalue weighted by molar-refractivity contribution is 0.193. The number of aromatic nitrogens is 4. The molecule has 0 unspecified atom stereocenters. The number of hydrogen-bond acceptors (Lipinski definition) is 8. The highest BCUT2D eigenvalue weighted by atomic mass is 35.5. The average molecular weight is 540 g/mol. The number of sulfone groups is 1. The van der Waals surface area contributed by atoms with E-state index in [1.807, 2.05) is 31.3 Å². The van der Waals surface area contributed by atoms with Crippen LogP contribution in [0.15, 0.2) is 35.3 Å². The van der Waals surface area contributed by atoms with Crippen LogP contribution in [-0.2, 0) is 22.9 Å². The zero-order valence-corrected chi connectivity index (χ0v) is 22.6. The molecule has 194 valence electrons. The Hall–Kier alpha value is -2.82. The summed E-state index contributed by atoms with van der Waals surface area (Å²) < 4.78 is 26.0. The molecule has 2 fully saturated rings. The van der Waals surface area contributed by atoms with E-state index in [0.29, 0.717) is 18.1 Å². The molecule has 2 aromatic heterocycles. The van der Waals surface area contributed by atoms with Crippen molar-refractivity contribution in [1.82, 2.24) is 24.6 Å². The number of pyridine rings is 1. The highest BCUT2D eigenvalue weighted by molar-refractivity contribution is 7.92. The normalized spacial score (nSPS) is 20.5. The summed E-state index contributed by atoms with van der Waals surface area (Å²) in [6, 6.07) is 10.1. The second-order valence-corrected chi connectivity index (χ2v) is 12.8. The number of nitrogens with zero attached hydrogens (tertiary/aromatic N) is 7. The van der Waals surface area contributed by atoms with Gasteiger partial charge in [0.1, 0.15) is 11.6 Å². The minimum absolute atomic E-state index is 0.00212. The molecule has 37 heavy (non-hydrogen) atoms. The van der Waals surface area contributed by atoms with E-state index in [1.54, 1.807) is 7.05 Å². The minimum Gasteiger partial charge on any atom is -0.357 e. The van der Waals surface area contributed by atoms with Crippen molar-refractivity contribution in [1.29, 1.82) is 0 Å². The van der Waals surface area contributed by atoms with E-state index in [9.17, 15) is 8.42 Å². The Kier molecular flexibility index (Phi) is 6.29. The van der Waals surface area contributed by atoms with Gasteiger partial charge < -0.3 is 4.90 Å². The first-order chi connectivity index (χ1) is 17.8. The van der Waals surface area contributed by atoms with Crippen LogP contribution in [-0.4, -0.2) is 77.0 Å². The number of anilines is 1. The van der Waals surface area contributed by atoms with E-state index in [2.05, 4.69) is 41.7 Å². The van der Waals surface area contributed by atoms with Crippen LogP contribution in [0.5, 0.6) is 0 Å². The van der Waals surface area contributed by atoms with Gasteiger partial charge in [0.15, 0.2) is 15.7 Å². The molecule has 3 aliphatic rings. The molecule has 5 heterocycles. The summed E-state index contributed by atoms with van der Waals surface area (Å²) in [4.78, 5) is 13.5. The Morgan fingerprint density at radius 2 is 1.86 bits per heavy atom. The Morgan fingerprint density at radius 1 is 1.08 bits per heavy atom. The topological polar surface area (TPSA) is 96.6 Å². The van der Waals surface area contributed by atoms with Crippen LogP contribution in [0.2, 0.25) is 5.02 Å². The van der Waals surface area contributed by atoms with Crippen molar-refractivity contribution in [3.8, 4) is 5.69 Å². The highest BCUT2D eigenvalue weighted by Gasteiger charge is 2.40. The number of aliphatic imine (C=N–C) groups is 1. The highest BCUT2D eigenvalue weighted by Crippen LogP contribution is 2.35. The summed E-state index contributed by atoms with van der Waals surface area (Å²) in [6.45, 7) is 5.00. The molecule has 0 atom stereocenters. The Labute approximate surface area is 222 Å². The third-order valence-electron chi connectivity index (χ3n) is 7.73. The van der Waals surface area contributed by atoms with E-state index in [0.717, 1.165) is 65.9 Å². The zero-order chi connectivity index (χ0) is 25.7. The number of benzene rings is 1. The first-order valence-corrected chi connectivity index (χ1v) is 14.8. The predicted molar refractivity (Wildman–Crippen MR) is 145 cm³/mol. The number of hydrogen-bond donors (Lipinski definition) is 0. The average Bonchev–Trinajstić information content (AvgIpc) is 3.20. The van der Waals surface area contributed by atoms with E-state index in [4.69, 9.17) is 16.6 Å². The molecule has 2 saturated heterocycles. The number of fused-ring (bicyclic) bond motifs is 3. The van der Waals surface area contributed by atoms with Crippen molar-refractivity contribution in [2.75, 3.05) is 36.5 Å². The first-order valence-electron chi connectivity index (χ1n) is 12.6. The van der Waals surface area contributed by atoms with Gasteiger partial charge in [0, 0.05) is 61.1 Å². The van der Waals surface area contributed by atoms with Crippen molar-refractivity contribution in [3.05, 3.63) is 63.8 Å². The van der Waals surface area contributed by atoms with E-state index in [-0.39, 0.29) is 23.5 Å². The maximum Gasteiger partial charge on any atom is 0.153 e. The van der Waals surface area contributed by atoms with E-state index >= 15 is 0 Å². The number of rotatable bonds is 4. The molecule has 0 radical (unpaired) electrons. The molecule has 11 heteroatoms. The molecule has 0 saturated carbocycles. The lowest BCUT2D eigenvalue weighted by Crippen LogP contribution is -2.52. The second-order valence-electron chi connectivity index (χ2n) is 10.2. The van der Waals surface area contributed by atoms with E-state index < -0.39 is 9.84 Å². The van der Waals surface area contributed by atoms with Crippen LogP contribution < -0.4 is 4.90 Å². The summed E-state index contributed by atoms with van der Waals surface area (Å²) in [5.41, 5.74) is 4.13. The summed E-state index contributed by atoms with van der Waals surface area (Å²) >= 11 is 6.38. The van der Waals surface area contributed by atoms with Crippen LogP contribution in [0.4, 0.5) is 5.82 Å². The van der Waals surface area contributed by atoms with Crippen LogP contribution in [0, 0.1) is 6.92 Å². The summed E-state index contributed by atoms with van der Waals surface area (Å²) in [5, 5.41) is 9.96. The molecule has 0 spiro atoms. The monoisotopic (exact) mass is 539 g/mol. The van der Waals surface area contributed by atoms with Gasteiger partial charge in [-0.2, -0.15) is 0 Å². The lowest BCUT2D eigenvalue weighted by atomic mass is 9.95. The smallest absolute Gasteiger partial charge is 0.153 e. The van der Waals surface area contributed by atoms with Crippen LogP contribution in [0.25, 0.3) is 5.69 Å². The maximum atomic E-state index is 11.9. The van der Waals surface area contributed by atoms with Crippen molar-refractivity contribution in [2.24, 2.45) is 4.99 Å². The van der Waals surface area contributed by atoms with Crippen molar-refractivity contribution in [3.63, 3.8) is 0 Å². The fourth-order valence-corrected chi connectivity index (χ4v) is 7.39. The molecule has 0 N–H and O–H groups in total. The predicted octanol–water partition coefficient (Wildman–Crippen LogP) is 3.17. The second kappa shape index (κ2) is 9.49. The van der Waals surface area contributed by atoms with Gasteiger partial charge in [-0.15, -0.1) is 10.2 Å². The largest absolute Gasteiger partial charge is 0.357 e. The third-order valence-corrected chi connectivity index (χ3v) is 9.75. The molecule has 6 rings (SSSR count). The molecule has 0 amide bonds. The Bertz CT molecular complexity index is 1470. The van der Waals surface area contributed by atoms with Crippen molar-refractivity contribution in [2.45, 2.75) is 44.8 Å². The van der Waals surface area contributed by atoms with Crippen molar-refractivity contribution < 1.29 is 8.42 Å². The van der Waals surface area contributed by atoms with Gasteiger partial charge in [-0.05, 0) is 55.7 Å². The quantitative estimate of drug-likeness (QED) is 0.470. The molecule has 1 aromatic carbocycles. The van der Waals surface area contributed by atoms with Gasteiger partial charge in [0.05, 0.1) is 23.7 Å². The van der Waals surface area contributed by atoms with Gasteiger partial charge in [0.2, 0.25) is 0 Å². The molecule has 3 aliphatic heterocycles. The molecular formula is C26H30ClN7O2S. The minimum atomic E-state index is -2.93. The Balaban J connectivity index is 1.26. The Morgan fingerprint density at radius 3 is 2.57 bits per heavy atom. The van der Waals surface area contributed by atoms with Gasteiger partial charge in [0.25, 0.3) is 0 Å². The SMILES string of the molecule is CN=Cc1ccc(N2CCC(c3nnc4n3-c3ccc(Cl)cc3CN(C3CS(=O)(=O)C3)C4)CC2)nc1C. The third kappa shape index (κ3) is 4.66. The maximum absolute atomic E-state index is 11.9. The number of piperidine rings is 1. The summed E-state index contributed by atoms with van der Waals surface area (Å²) in [5.74, 6) is 3.48. The molecule has 3 aromatic rings. The van der Waals surface area contributed by atoms with Gasteiger partial charge in [-0.3, -0.25) is 14.5 Å². The summed E-state index contributed by atoms with van der Waals surface area (Å²) in [7, 11) is -1.16. The molecular weight excluding hydrogens is 510 g/mol. The van der Waals surface area contributed by atoms with Crippen molar-refractivity contribution >= 4 is 33.5 Å². The summed E-state index contributed by atoms with van der Waals surface area (Å²) in [6.07, 6.45) is 3.74. The lowest BCUT2D eigenvalue weighted by Gasteiger charge is -2.35. The van der Waals surface area contributed by atoms with Crippen LogP contribution in [0.1, 0.15) is 47.2 Å². The number of halogens is 1. The molecule has 9 nitrogen and oxygen atoms in total. The fourth-order valence-electron chi connectivity index (χ4n) is 5.70. The zero-order valence-electron chi connectivity index (χ0n) is 21.0. The van der Waals surface area contributed by atoms with E-state index in [1.165, 1.54) is 0 Å². The van der Waals surface area contributed by atoms with Crippen LogP contribution in [0.3, 0.4) is 0 Å². The van der Waals surface area contributed by atoms with Gasteiger partial charge in [-0.1, -0.05) is 11.6 Å². The van der Waals surface area contributed by atoms with Gasteiger partial charge in [-0.25, -0.2) is 13.4 Å². The first kappa shape index (κ1) is 24.5. The molecule has 0 aliphatic carbocycles. The van der Waals surface area contributed by atoms with Crippen LogP contribution >= 0.6 is 11.6 Å². The van der Waals surface area contributed by atoms with Gasteiger partial charge >= 0.3 is 0 Å².